The van der Waals surface area contributed by atoms with E-state index in [2.05, 4.69) is 0 Å². The van der Waals surface area contributed by atoms with Crippen LogP contribution in [-0.4, -0.2) is 36.2 Å². The van der Waals surface area contributed by atoms with Crippen molar-refractivity contribution < 1.29 is 13.6 Å². The number of hydrogen-bond donors (Lipinski definition) is 0. The normalized spacial score (nSPS) is 22.7. The first kappa shape index (κ1) is 12.6. The van der Waals surface area contributed by atoms with Crippen molar-refractivity contribution in [2.75, 3.05) is 19.6 Å². The van der Waals surface area contributed by atoms with Crippen molar-refractivity contribution in [3.63, 3.8) is 0 Å². The number of rotatable bonds is 3. The summed E-state index contributed by atoms with van der Waals surface area (Å²) in [5.74, 6) is -2.39. The van der Waals surface area contributed by atoms with Crippen LogP contribution in [0.4, 0.5) is 8.78 Å². The van der Waals surface area contributed by atoms with Crippen molar-refractivity contribution in [2.24, 2.45) is 5.41 Å². The molecule has 0 saturated carbocycles. The minimum atomic E-state index is -2.50. The second kappa shape index (κ2) is 4.16. The van der Waals surface area contributed by atoms with Crippen molar-refractivity contribution in [2.45, 2.75) is 39.5 Å². The van der Waals surface area contributed by atoms with E-state index in [0.717, 1.165) is 0 Å². The molecule has 0 aromatic carbocycles. The Morgan fingerprint density at radius 2 is 1.80 bits per heavy atom. The van der Waals surface area contributed by atoms with Crippen LogP contribution < -0.4 is 0 Å². The lowest BCUT2D eigenvalue weighted by atomic mass is 9.87. The maximum atomic E-state index is 12.9. The third-order valence-corrected chi connectivity index (χ3v) is 3.16. The van der Waals surface area contributed by atoms with Crippen LogP contribution in [0, 0.1) is 5.41 Å². The third kappa shape index (κ3) is 3.52. The Hall–Kier alpha value is -0.510. The summed E-state index contributed by atoms with van der Waals surface area (Å²) in [5, 5.41) is 0. The number of piperidine rings is 1. The van der Waals surface area contributed by atoms with Crippen molar-refractivity contribution in [3.8, 4) is 0 Å². The molecule has 0 aromatic heterocycles. The maximum absolute atomic E-state index is 12.9. The van der Waals surface area contributed by atoms with Gasteiger partial charge in [0.05, 0.1) is 0 Å². The van der Waals surface area contributed by atoms with Crippen LogP contribution in [0.5, 0.6) is 0 Å². The number of carbonyl (C=O) groups excluding carboxylic acids is 1. The van der Waals surface area contributed by atoms with Crippen molar-refractivity contribution >= 4 is 5.78 Å². The largest absolute Gasteiger partial charge is 0.302 e. The standard InChI is InChI=1S/C11H19F2NO/c1-9(15)10(2,3)8-14-6-4-11(12,13)5-7-14/h4-8H2,1-3H3. The fourth-order valence-corrected chi connectivity index (χ4v) is 1.71. The molecule has 88 valence electrons. The second-order valence-electron chi connectivity index (χ2n) is 5.07. The molecule has 1 aliphatic rings. The monoisotopic (exact) mass is 219 g/mol. The van der Waals surface area contributed by atoms with Crippen LogP contribution >= 0.6 is 0 Å². The zero-order valence-electron chi connectivity index (χ0n) is 9.65. The molecule has 1 fully saturated rings. The minimum absolute atomic E-state index is 0.0824. The molecule has 0 aliphatic carbocycles. The molecule has 0 N–H and O–H groups in total. The smallest absolute Gasteiger partial charge is 0.250 e. The Kier molecular flexibility index (Phi) is 3.48. The molecule has 1 heterocycles. The zero-order valence-corrected chi connectivity index (χ0v) is 9.65. The van der Waals surface area contributed by atoms with Crippen LogP contribution in [0.3, 0.4) is 0 Å². The first-order valence-electron chi connectivity index (χ1n) is 5.34. The Morgan fingerprint density at radius 3 is 2.20 bits per heavy atom. The topological polar surface area (TPSA) is 20.3 Å². The molecular weight excluding hydrogens is 200 g/mol. The van der Waals surface area contributed by atoms with Gasteiger partial charge in [0.25, 0.3) is 5.92 Å². The van der Waals surface area contributed by atoms with Crippen molar-refractivity contribution in [3.05, 3.63) is 0 Å². The number of halogens is 2. The van der Waals surface area contributed by atoms with Crippen LogP contribution in [0.25, 0.3) is 0 Å². The van der Waals surface area contributed by atoms with E-state index in [-0.39, 0.29) is 18.6 Å². The predicted octanol–water partition coefficient (Wildman–Crippen LogP) is 2.33. The number of alkyl halides is 2. The van der Waals surface area contributed by atoms with E-state index in [1.165, 1.54) is 0 Å². The van der Waals surface area contributed by atoms with E-state index in [1.807, 2.05) is 18.7 Å². The van der Waals surface area contributed by atoms with Gasteiger partial charge in [0.2, 0.25) is 0 Å². The molecule has 0 radical (unpaired) electrons. The summed E-state index contributed by atoms with van der Waals surface area (Å²) < 4.78 is 25.8. The van der Waals surface area contributed by atoms with Gasteiger partial charge in [-0.1, -0.05) is 13.8 Å². The Morgan fingerprint density at radius 1 is 1.33 bits per heavy atom. The molecule has 0 unspecified atom stereocenters. The molecule has 15 heavy (non-hydrogen) atoms. The van der Waals surface area contributed by atoms with Crippen molar-refractivity contribution in [1.82, 2.24) is 4.90 Å². The average molecular weight is 219 g/mol. The Labute approximate surface area is 89.6 Å². The quantitative estimate of drug-likeness (QED) is 0.726. The predicted molar refractivity (Wildman–Crippen MR) is 55.1 cm³/mol. The maximum Gasteiger partial charge on any atom is 0.250 e. The molecule has 0 aromatic rings. The first-order chi connectivity index (χ1) is 6.73. The molecule has 0 spiro atoms. The van der Waals surface area contributed by atoms with Gasteiger partial charge in [-0.25, -0.2) is 8.78 Å². The first-order valence-corrected chi connectivity index (χ1v) is 5.34. The summed E-state index contributed by atoms with van der Waals surface area (Å²) in [6, 6.07) is 0. The molecule has 1 aliphatic heterocycles. The number of likely N-dealkylation sites (tertiary alicyclic amines) is 1. The molecular formula is C11H19F2NO. The van der Waals surface area contributed by atoms with Gasteiger partial charge >= 0.3 is 0 Å². The summed E-state index contributed by atoms with van der Waals surface area (Å²) in [6.07, 6.45) is -0.165. The van der Waals surface area contributed by atoms with Gasteiger partial charge in [-0.3, -0.25) is 4.79 Å². The number of ketones is 1. The van der Waals surface area contributed by atoms with Crippen LogP contribution in [0.2, 0.25) is 0 Å². The van der Waals surface area contributed by atoms with E-state index in [4.69, 9.17) is 0 Å². The van der Waals surface area contributed by atoms with Crippen LogP contribution in [0.15, 0.2) is 0 Å². The summed E-state index contributed by atoms with van der Waals surface area (Å²) in [7, 11) is 0. The van der Waals surface area contributed by atoms with Gasteiger partial charge in [0, 0.05) is 37.9 Å². The third-order valence-electron chi connectivity index (χ3n) is 3.16. The zero-order chi connectivity index (χ0) is 11.7. The number of carbonyl (C=O) groups is 1. The molecule has 1 saturated heterocycles. The van der Waals surface area contributed by atoms with Gasteiger partial charge in [-0.15, -0.1) is 0 Å². The van der Waals surface area contributed by atoms with E-state index in [1.54, 1.807) is 6.92 Å². The van der Waals surface area contributed by atoms with E-state index >= 15 is 0 Å². The molecule has 0 atom stereocenters. The number of Topliss-reactive ketones (excluding diaryl/α,β-unsaturated/α-hetero) is 1. The van der Waals surface area contributed by atoms with Crippen LogP contribution in [0.1, 0.15) is 33.6 Å². The highest BCUT2D eigenvalue weighted by Crippen LogP contribution is 2.29. The highest BCUT2D eigenvalue weighted by Gasteiger charge is 2.36. The van der Waals surface area contributed by atoms with Gasteiger partial charge in [0.15, 0.2) is 0 Å². The molecule has 1 rings (SSSR count). The minimum Gasteiger partial charge on any atom is -0.302 e. The lowest BCUT2D eigenvalue weighted by Crippen LogP contribution is -2.45. The summed E-state index contributed by atoms with van der Waals surface area (Å²) in [5.41, 5.74) is -0.424. The van der Waals surface area contributed by atoms with Gasteiger partial charge < -0.3 is 4.90 Å². The van der Waals surface area contributed by atoms with E-state index in [0.29, 0.717) is 19.6 Å². The second-order valence-corrected chi connectivity index (χ2v) is 5.07. The number of nitrogens with zero attached hydrogens (tertiary/aromatic N) is 1. The van der Waals surface area contributed by atoms with E-state index in [9.17, 15) is 13.6 Å². The number of hydrogen-bond acceptors (Lipinski definition) is 2. The molecule has 0 bridgehead atoms. The van der Waals surface area contributed by atoms with Gasteiger partial charge in [-0.2, -0.15) is 0 Å². The lowest BCUT2D eigenvalue weighted by molar-refractivity contribution is -0.126. The van der Waals surface area contributed by atoms with E-state index < -0.39 is 11.3 Å². The lowest BCUT2D eigenvalue weighted by Gasteiger charge is -2.36. The summed E-state index contributed by atoms with van der Waals surface area (Å²) in [6.45, 7) is 6.65. The van der Waals surface area contributed by atoms with Crippen LogP contribution in [-0.2, 0) is 4.79 Å². The molecule has 2 nitrogen and oxygen atoms in total. The van der Waals surface area contributed by atoms with Crippen molar-refractivity contribution in [1.29, 1.82) is 0 Å². The SMILES string of the molecule is CC(=O)C(C)(C)CN1CCC(F)(F)CC1. The molecule has 4 heteroatoms. The summed E-state index contributed by atoms with van der Waals surface area (Å²) >= 11 is 0. The average Bonchev–Trinajstić information content (AvgIpc) is 2.08. The van der Waals surface area contributed by atoms with Gasteiger partial charge in [-0.05, 0) is 6.92 Å². The summed E-state index contributed by atoms with van der Waals surface area (Å²) in [4.78, 5) is 13.2. The molecule has 0 amide bonds. The fraction of sp³-hybridized carbons (Fsp3) is 0.909. The Bertz CT molecular complexity index is 241. The van der Waals surface area contributed by atoms with Gasteiger partial charge in [0.1, 0.15) is 5.78 Å². The Balaban J connectivity index is 2.46. The fourth-order valence-electron chi connectivity index (χ4n) is 1.71. The highest BCUT2D eigenvalue weighted by atomic mass is 19.3. The highest BCUT2D eigenvalue weighted by molar-refractivity contribution is 5.81.